The number of nitrogens with two attached hydrogens (primary N) is 1. The number of nitrogens with zero attached hydrogens (tertiary/aromatic N) is 2. The molecule has 2 N–H and O–H groups in total. The third-order valence-electron chi connectivity index (χ3n) is 3.21. The predicted octanol–water partition coefficient (Wildman–Crippen LogP) is -0.760. The molecule has 1 atom stereocenters. The molecule has 110 valence electrons. The molecule has 1 aliphatic rings. The molecule has 6 nitrogen and oxygen atoms in total. The second-order valence-electron chi connectivity index (χ2n) is 4.81. The maximum atomic E-state index is 11.8. The molecule has 1 saturated heterocycles. The molecule has 1 fully saturated rings. The molecule has 0 aromatic heterocycles. The number of amides is 1. The van der Waals surface area contributed by atoms with Crippen molar-refractivity contribution in [2.75, 3.05) is 38.2 Å². The van der Waals surface area contributed by atoms with Gasteiger partial charge in [0.25, 0.3) is 0 Å². The summed E-state index contributed by atoms with van der Waals surface area (Å²) >= 11 is 5.03. The minimum atomic E-state index is -3.27. The fraction of sp³-hybridized carbons (Fsp3) is 0.818. The van der Waals surface area contributed by atoms with E-state index in [0.29, 0.717) is 31.2 Å². The molecule has 0 aromatic carbocycles. The molecule has 1 rings (SSSR count). The Morgan fingerprint density at radius 1 is 1.32 bits per heavy atom. The highest BCUT2D eigenvalue weighted by atomic mass is 32.2. The molecule has 0 radical (unpaired) electrons. The summed E-state index contributed by atoms with van der Waals surface area (Å²) in [4.78, 5) is 16.0. The first kappa shape index (κ1) is 16.3. The molecule has 1 heterocycles. The van der Waals surface area contributed by atoms with Crippen molar-refractivity contribution in [2.45, 2.75) is 19.4 Å². The third kappa shape index (κ3) is 5.04. The average molecular weight is 307 g/mol. The van der Waals surface area contributed by atoms with Crippen LogP contribution >= 0.6 is 12.2 Å². The van der Waals surface area contributed by atoms with Crippen LogP contribution in [0.25, 0.3) is 0 Å². The molecule has 19 heavy (non-hydrogen) atoms. The first-order valence-corrected chi connectivity index (χ1v) is 8.70. The Kier molecular flexibility index (Phi) is 5.69. The van der Waals surface area contributed by atoms with Gasteiger partial charge in [-0.3, -0.25) is 9.69 Å². The summed E-state index contributed by atoms with van der Waals surface area (Å²) < 4.78 is 22.2. The van der Waals surface area contributed by atoms with Crippen molar-refractivity contribution < 1.29 is 13.2 Å². The van der Waals surface area contributed by atoms with E-state index in [1.807, 2.05) is 6.92 Å². The van der Waals surface area contributed by atoms with E-state index in [1.165, 1.54) is 0 Å². The van der Waals surface area contributed by atoms with Gasteiger partial charge in [-0.05, 0) is 6.42 Å². The van der Waals surface area contributed by atoms with Crippen LogP contribution in [0.15, 0.2) is 0 Å². The summed E-state index contributed by atoms with van der Waals surface area (Å²) in [5.74, 6) is -0.745. The van der Waals surface area contributed by atoms with Gasteiger partial charge in [0, 0.05) is 32.4 Å². The highest BCUT2D eigenvalue weighted by Crippen LogP contribution is 2.10. The lowest BCUT2D eigenvalue weighted by atomic mass is 10.1. The van der Waals surface area contributed by atoms with Crippen molar-refractivity contribution >= 4 is 33.0 Å². The maximum absolute atomic E-state index is 11.8. The zero-order valence-electron chi connectivity index (χ0n) is 11.3. The van der Waals surface area contributed by atoms with Gasteiger partial charge >= 0.3 is 0 Å². The molecule has 0 spiro atoms. The SMILES string of the molecule is CCC(C(N)=S)N1CCN(C(=O)CS(C)(=O)=O)CC1. The van der Waals surface area contributed by atoms with Gasteiger partial charge in [0.15, 0.2) is 9.84 Å². The first-order valence-electron chi connectivity index (χ1n) is 6.23. The van der Waals surface area contributed by atoms with E-state index < -0.39 is 15.6 Å². The molecule has 0 saturated carbocycles. The highest BCUT2D eigenvalue weighted by molar-refractivity contribution is 7.91. The number of carbonyl (C=O) groups excluding carboxylic acids is 1. The topological polar surface area (TPSA) is 83.7 Å². The normalized spacial score (nSPS) is 19.2. The van der Waals surface area contributed by atoms with E-state index in [1.54, 1.807) is 4.90 Å². The van der Waals surface area contributed by atoms with Crippen LogP contribution in [0, 0.1) is 0 Å². The van der Waals surface area contributed by atoms with Crippen LogP contribution < -0.4 is 5.73 Å². The number of hydrogen-bond donors (Lipinski definition) is 1. The molecule has 1 amide bonds. The van der Waals surface area contributed by atoms with Crippen LogP contribution in [0.2, 0.25) is 0 Å². The zero-order chi connectivity index (χ0) is 14.6. The van der Waals surface area contributed by atoms with Gasteiger partial charge in [-0.1, -0.05) is 19.1 Å². The van der Waals surface area contributed by atoms with Crippen LogP contribution in [-0.4, -0.2) is 73.3 Å². The van der Waals surface area contributed by atoms with Gasteiger partial charge < -0.3 is 10.6 Å². The Hall–Kier alpha value is -0.730. The predicted molar refractivity (Wildman–Crippen MR) is 78.7 cm³/mol. The molecule has 1 aliphatic heterocycles. The van der Waals surface area contributed by atoms with E-state index in [0.717, 1.165) is 12.7 Å². The monoisotopic (exact) mass is 307 g/mol. The van der Waals surface area contributed by atoms with Crippen molar-refractivity contribution in [3.63, 3.8) is 0 Å². The fourth-order valence-corrected chi connectivity index (χ4v) is 3.18. The number of hydrogen-bond acceptors (Lipinski definition) is 5. The van der Waals surface area contributed by atoms with E-state index in [9.17, 15) is 13.2 Å². The quantitative estimate of drug-likeness (QED) is 0.672. The van der Waals surface area contributed by atoms with Crippen molar-refractivity contribution in [1.82, 2.24) is 9.80 Å². The number of piperazine rings is 1. The second-order valence-corrected chi connectivity index (χ2v) is 7.42. The first-order chi connectivity index (χ1) is 8.74. The highest BCUT2D eigenvalue weighted by Gasteiger charge is 2.27. The lowest BCUT2D eigenvalue weighted by Crippen LogP contribution is -2.55. The second kappa shape index (κ2) is 6.62. The molecule has 8 heteroatoms. The molecule has 1 unspecified atom stereocenters. The number of thiocarbonyl (C=S) groups is 1. The lowest BCUT2D eigenvalue weighted by Gasteiger charge is -2.38. The maximum Gasteiger partial charge on any atom is 0.237 e. The van der Waals surface area contributed by atoms with E-state index >= 15 is 0 Å². The Morgan fingerprint density at radius 2 is 1.84 bits per heavy atom. The van der Waals surface area contributed by atoms with Crippen LogP contribution in [0.1, 0.15) is 13.3 Å². The smallest absolute Gasteiger partial charge is 0.237 e. The van der Waals surface area contributed by atoms with Crippen LogP contribution in [0.5, 0.6) is 0 Å². The number of sulfone groups is 1. The zero-order valence-corrected chi connectivity index (χ0v) is 13.0. The largest absolute Gasteiger partial charge is 0.392 e. The van der Waals surface area contributed by atoms with E-state index in [2.05, 4.69) is 4.90 Å². The van der Waals surface area contributed by atoms with Gasteiger partial charge in [0.1, 0.15) is 5.75 Å². The Bertz CT molecular complexity index is 442. The molecular weight excluding hydrogens is 286 g/mol. The standard InChI is InChI=1S/C11H21N3O3S2/c1-3-9(11(12)18)13-4-6-14(7-5-13)10(15)8-19(2,16)17/h9H,3-8H2,1-2H3,(H2,12,18). The van der Waals surface area contributed by atoms with Gasteiger partial charge in [-0.25, -0.2) is 8.42 Å². The van der Waals surface area contributed by atoms with Crippen molar-refractivity contribution in [2.24, 2.45) is 5.73 Å². The summed E-state index contributed by atoms with van der Waals surface area (Å²) in [6, 6.07) is 0.0576. The Balaban J connectivity index is 2.53. The summed E-state index contributed by atoms with van der Waals surface area (Å²) in [5.41, 5.74) is 5.69. The van der Waals surface area contributed by atoms with Crippen molar-refractivity contribution in [3.05, 3.63) is 0 Å². The van der Waals surface area contributed by atoms with Crippen LogP contribution in [0.4, 0.5) is 0 Å². The Morgan fingerprint density at radius 3 is 2.21 bits per heavy atom. The summed E-state index contributed by atoms with van der Waals surface area (Å²) in [6.07, 6.45) is 1.91. The molecule has 0 bridgehead atoms. The summed E-state index contributed by atoms with van der Waals surface area (Å²) in [7, 11) is -3.27. The van der Waals surface area contributed by atoms with E-state index in [4.69, 9.17) is 18.0 Å². The van der Waals surface area contributed by atoms with Crippen molar-refractivity contribution in [3.8, 4) is 0 Å². The number of carbonyl (C=O) groups is 1. The minimum Gasteiger partial charge on any atom is -0.392 e. The van der Waals surface area contributed by atoms with E-state index in [-0.39, 0.29) is 11.9 Å². The molecule has 0 aliphatic carbocycles. The van der Waals surface area contributed by atoms with Crippen LogP contribution in [-0.2, 0) is 14.6 Å². The van der Waals surface area contributed by atoms with Gasteiger partial charge in [0.05, 0.1) is 11.0 Å². The average Bonchev–Trinajstić information content (AvgIpc) is 2.28. The van der Waals surface area contributed by atoms with Gasteiger partial charge in [-0.15, -0.1) is 0 Å². The van der Waals surface area contributed by atoms with Gasteiger partial charge in [-0.2, -0.15) is 0 Å². The lowest BCUT2D eigenvalue weighted by molar-refractivity contribution is -0.130. The van der Waals surface area contributed by atoms with Crippen molar-refractivity contribution in [1.29, 1.82) is 0 Å². The summed E-state index contributed by atoms with van der Waals surface area (Å²) in [5, 5.41) is 0. The molecule has 0 aromatic rings. The summed E-state index contributed by atoms with van der Waals surface area (Å²) in [6.45, 7) is 4.41. The Labute approximate surface area is 119 Å². The number of rotatable bonds is 5. The van der Waals surface area contributed by atoms with Crippen LogP contribution in [0.3, 0.4) is 0 Å². The fourth-order valence-electron chi connectivity index (χ4n) is 2.24. The van der Waals surface area contributed by atoms with Gasteiger partial charge in [0.2, 0.25) is 5.91 Å². The molecular formula is C11H21N3O3S2. The third-order valence-corrected chi connectivity index (χ3v) is 4.25. The minimum absolute atomic E-state index is 0.0576.